The molecule has 128 valence electrons. The van der Waals surface area contributed by atoms with Crippen molar-refractivity contribution in [1.82, 2.24) is 15.0 Å². The smallest absolute Gasteiger partial charge is 0.280 e. The molecule has 7 nitrogen and oxygen atoms in total. The summed E-state index contributed by atoms with van der Waals surface area (Å²) in [6.45, 7) is 4.32. The Kier molecular flexibility index (Phi) is 4.65. The van der Waals surface area contributed by atoms with Crippen molar-refractivity contribution in [2.45, 2.75) is 13.8 Å². The zero-order valence-electron chi connectivity index (χ0n) is 14.1. The molecular formula is C18H19N5O2. The Morgan fingerprint density at radius 3 is 2.68 bits per heavy atom. The number of carbonyl (C=O) groups excluding carboxylic acids is 1. The van der Waals surface area contributed by atoms with Gasteiger partial charge < -0.3 is 15.8 Å². The first-order chi connectivity index (χ1) is 12.1. The van der Waals surface area contributed by atoms with Crippen molar-refractivity contribution in [2.75, 3.05) is 17.7 Å². The zero-order valence-corrected chi connectivity index (χ0v) is 14.1. The number of nitrogen functional groups attached to an aromatic ring is 1. The molecule has 0 aliphatic rings. The topological polar surface area (TPSA) is 95.1 Å². The first kappa shape index (κ1) is 16.5. The molecule has 1 heterocycles. The fourth-order valence-electron chi connectivity index (χ4n) is 2.46. The molecule has 0 spiro atoms. The van der Waals surface area contributed by atoms with E-state index in [1.54, 1.807) is 12.1 Å². The number of carbonyl (C=O) groups is 1. The summed E-state index contributed by atoms with van der Waals surface area (Å²) in [5.74, 6) is 0.327. The highest BCUT2D eigenvalue weighted by Gasteiger charge is 2.20. The number of hydrogen-bond acceptors (Lipinski definition) is 5. The fourth-order valence-corrected chi connectivity index (χ4v) is 2.46. The van der Waals surface area contributed by atoms with Crippen molar-refractivity contribution in [3.05, 3.63) is 59.8 Å². The molecule has 3 N–H and O–H groups in total. The maximum absolute atomic E-state index is 12.6. The van der Waals surface area contributed by atoms with Crippen LogP contribution < -0.4 is 15.8 Å². The molecule has 3 rings (SSSR count). The predicted molar refractivity (Wildman–Crippen MR) is 96.1 cm³/mol. The number of para-hydroxylation sites is 3. The van der Waals surface area contributed by atoms with Crippen LogP contribution >= 0.6 is 0 Å². The number of ether oxygens (including phenoxy) is 1. The minimum atomic E-state index is -0.440. The van der Waals surface area contributed by atoms with Crippen LogP contribution in [0.4, 0.5) is 11.5 Å². The number of nitrogens with two attached hydrogens (primary N) is 1. The van der Waals surface area contributed by atoms with Gasteiger partial charge in [0.1, 0.15) is 5.75 Å². The lowest BCUT2D eigenvalue weighted by atomic mass is 10.2. The van der Waals surface area contributed by atoms with E-state index in [9.17, 15) is 4.79 Å². The number of aryl methyl sites for hydroxylation is 1. The maximum atomic E-state index is 12.6. The first-order valence-corrected chi connectivity index (χ1v) is 7.92. The molecule has 25 heavy (non-hydrogen) atoms. The normalized spacial score (nSPS) is 10.5. The molecule has 7 heteroatoms. The summed E-state index contributed by atoms with van der Waals surface area (Å²) in [7, 11) is 0. The third-order valence-electron chi connectivity index (χ3n) is 3.70. The highest BCUT2D eigenvalue weighted by Crippen LogP contribution is 2.25. The summed E-state index contributed by atoms with van der Waals surface area (Å²) in [6.07, 6.45) is 0. The molecule has 0 saturated carbocycles. The average molecular weight is 337 g/mol. The Balaban J connectivity index is 1.89. The van der Waals surface area contributed by atoms with Gasteiger partial charge in [0.05, 0.1) is 18.0 Å². The highest BCUT2D eigenvalue weighted by atomic mass is 16.5. The van der Waals surface area contributed by atoms with Gasteiger partial charge in [-0.2, -0.15) is 4.68 Å². The third-order valence-corrected chi connectivity index (χ3v) is 3.70. The van der Waals surface area contributed by atoms with Gasteiger partial charge in [-0.25, -0.2) is 0 Å². The Hall–Kier alpha value is -3.35. The van der Waals surface area contributed by atoms with Crippen LogP contribution in [-0.4, -0.2) is 27.5 Å². The van der Waals surface area contributed by atoms with E-state index < -0.39 is 5.91 Å². The Labute approximate surface area is 145 Å². The van der Waals surface area contributed by atoms with Crippen LogP contribution in [0.1, 0.15) is 23.0 Å². The molecule has 0 atom stereocenters. The molecular weight excluding hydrogens is 318 g/mol. The molecule has 3 aromatic rings. The summed E-state index contributed by atoms with van der Waals surface area (Å²) >= 11 is 0. The van der Waals surface area contributed by atoms with Crippen LogP contribution in [0.25, 0.3) is 5.69 Å². The van der Waals surface area contributed by atoms with Crippen molar-refractivity contribution in [2.24, 2.45) is 0 Å². The van der Waals surface area contributed by atoms with Crippen molar-refractivity contribution in [3.8, 4) is 11.4 Å². The minimum absolute atomic E-state index is 0.0644. The molecule has 2 aromatic carbocycles. The van der Waals surface area contributed by atoms with Crippen LogP contribution in [0, 0.1) is 6.92 Å². The molecule has 0 fully saturated rings. The van der Waals surface area contributed by atoms with Gasteiger partial charge in [-0.1, -0.05) is 35.5 Å². The second-order valence-electron chi connectivity index (χ2n) is 5.40. The van der Waals surface area contributed by atoms with Crippen molar-refractivity contribution >= 4 is 17.4 Å². The predicted octanol–water partition coefficient (Wildman–Crippen LogP) is 2.81. The van der Waals surface area contributed by atoms with E-state index in [1.807, 2.05) is 50.2 Å². The molecule has 1 amide bonds. The van der Waals surface area contributed by atoms with E-state index in [0.29, 0.717) is 18.0 Å². The van der Waals surface area contributed by atoms with Gasteiger partial charge in [0.2, 0.25) is 0 Å². The Morgan fingerprint density at radius 1 is 1.20 bits per heavy atom. The fraction of sp³-hybridized carbons (Fsp3) is 0.167. The van der Waals surface area contributed by atoms with Gasteiger partial charge in [-0.05, 0) is 37.6 Å². The van der Waals surface area contributed by atoms with Gasteiger partial charge in [0.25, 0.3) is 5.91 Å². The molecule has 0 saturated heterocycles. The van der Waals surface area contributed by atoms with Gasteiger partial charge in [-0.3, -0.25) is 4.79 Å². The summed E-state index contributed by atoms with van der Waals surface area (Å²) < 4.78 is 6.96. The first-order valence-electron chi connectivity index (χ1n) is 7.92. The number of nitrogens with one attached hydrogen (secondary N) is 1. The van der Waals surface area contributed by atoms with Crippen LogP contribution in [0.5, 0.6) is 5.75 Å². The van der Waals surface area contributed by atoms with Crippen LogP contribution in [0.2, 0.25) is 0 Å². The summed E-state index contributed by atoms with van der Waals surface area (Å²) in [6, 6.07) is 14.8. The molecule has 0 unspecified atom stereocenters. The summed E-state index contributed by atoms with van der Waals surface area (Å²) in [5.41, 5.74) is 8.48. The van der Waals surface area contributed by atoms with Crippen molar-refractivity contribution in [3.63, 3.8) is 0 Å². The second-order valence-corrected chi connectivity index (χ2v) is 5.40. The molecule has 0 aliphatic carbocycles. The largest absolute Gasteiger partial charge is 0.492 e. The zero-order chi connectivity index (χ0) is 17.8. The van der Waals surface area contributed by atoms with Crippen LogP contribution in [0.15, 0.2) is 48.5 Å². The quantitative estimate of drug-likeness (QED) is 0.746. The average Bonchev–Trinajstić information content (AvgIpc) is 2.99. The molecule has 1 aromatic heterocycles. The lowest BCUT2D eigenvalue weighted by Crippen LogP contribution is -2.16. The number of hydrogen-bond donors (Lipinski definition) is 2. The van der Waals surface area contributed by atoms with Crippen LogP contribution in [0.3, 0.4) is 0 Å². The van der Waals surface area contributed by atoms with Gasteiger partial charge >= 0.3 is 0 Å². The molecule has 0 bridgehead atoms. The Morgan fingerprint density at radius 2 is 1.92 bits per heavy atom. The number of aromatic nitrogens is 3. The van der Waals surface area contributed by atoms with Crippen LogP contribution in [-0.2, 0) is 0 Å². The van der Waals surface area contributed by atoms with E-state index in [-0.39, 0.29) is 11.5 Å². The number of benzene rings is 2. The van der Waals surface area contributed by atoms with E-state index in [2.05, 4.69) is 15.6 Å². The molecule has 0 radical (unpaired) electrons. The SMILES string of the molecule is CCOc1ccccc1NC(=O)c1nnn(-c2ccccc2C)c1N. The monoisotopic (exact) mass is 337 g/mol. The number of nitrogens with zero attached hydrogens (tertiary/aromatic N) is 3. The van der Waals surface area contributed by atoms with E-state index in [4.69, 9.17) is 10.5 Å². The minimum Gasteiger partial charge on any atom is -0.492 e. The third kappa shape index (κ3) is 3.30. The number of anilines is 2. The number of rotatable bonds is 5. The van der Waals surface area contributed by atoms with Gasteiger partial charge in [-0.15, -0.1) is 5.10 Å². The van der Waals surface area contributed by atoms with E-state index >= 15 is 0 Å². The standard InChI is InChI=1S/C18H19N5O2/c1-3-25-15-11-7-5-9-13(15)20-18(24)16-17(19)23(22-21-16)14-10-6-4-8-12(14)2/h4-11H,3,19H2,1-2H3,(H,20,24). The summed E-state index contributed by atoms with van der Waals surface area (Å²) in [4.78, 5) is 12.6. The summed E-state index contributed by atoms with van der Waals surface area (Å²) in [5, 5.41) is 10.7. The van der Waals surface area contributed by atoms with Gasteiger partial charge in [0, 0.05) is 0 Å². The van der Waals surface area contributed by atoms with Gasteiger partial charge in [0.15, 0.2) is 11.5 Å². The number of amides is 1. The van der Waals surface area contributed by atoms with Crippen molar-refractivity contribution in [1.29, 1.82) is 0 Å². The lowest BCUT2D eigenvalue weighted by Gasteiger charge is -2.10. The van der Waals surface area contributed by atoms with Crippen molar-refractivity contribution < 1.29 is 9.53 Å². The Bertz CT molecular complexity index is 904. The van der Waals surface area contributed by atoms with E-state index in [1.165, 1.54) is 4.68 Å². The second kappa shape index (κ2) is 7.04. The lowest BCUT2D eigenvalue weighted by molar-refractivity contribution is 0.102. The maximum Gasteiger partial charge on any atom is 0.280 e. The van der Waals surface area contributed by atoms with E-state index in [0.717, 1.165) is 11.3 Å². The molecule has 0 aliphatic heterocycles. The highest BCUT2D eigenvalue weighted by molar-refractivity contribution is 6.06.